The van der Waals surface area contributed by atoms with Crippen molar-refractivity contribution in [3.63, 3.8) is 0 Å². The Hall–Kier alpha value is -0.0800. The highest BCUT2D eigenvalue weighted by Crippen LogP contribution is 2.45. The Balaban J connectivity index is 1.96. The Bertz CT molecular complexity index is 146. The normalized spacial score (nSPS) is 42.3. The number of hydrogen-bond donors (Lipinski definition) is 1. The van der Waals surface area contributed by atoms with Crippen LogP contribution >= 0.6 is 0 Å². The minimum absolute atomic E-state index is 0.721. The molecule has 2 fully saturated rings. The van der Waals surface area contributed by atoms with Crippen LogP contribution in [-0.2, 0) is 0 Å². The van der Waals surface area contributed by atoms with Crippen molar-refractivity contribution in [3.8, 4) is 0 Å². The number of hydrogen-bond acceptors (Lipinski definition) is 2. The van der Waals surface area contributed by atoms with Crippen molar-refractivity contribution >= 4 is 0 Å². The number of hydrazine groups is 1. The van der Waals surface area contributed by atoms with Crippen LogP contribution in [-0.4, -0.2) is 17.6 Å². The average molecular weight is 154 g/mol. The third-order valence-corrected chi connectivity index (χ3v) is 3.49. The maximum Gasteiger partial charge on any atom is 0.0272 e. The predicted molar refractivity (Wildman–Crippen MR) is 45.8 cm³/mol. The second-order valence-electron chi connectivity index (χ2n) is 4.07. The van der Waals surface area contributed by atoms with Crippen LogP contribution in [0.25, 0.3) is 0 Å². The summed E-state index contributed by atoms with van der Waals surface area (Å²) in [6.45, 7) is 3.15. The summed E-state index contributed by atoms with van der Waals surface area (Å²) < 4.78 is 0. The van der Waals surface area contributed by atoms with Gasteiger partial charge in [0.1, 0.15) is 0 Å². The maximum atomic E-state index is 5.90. The first-order valence-corrected chi connectivity index (χ1v) is 4.82. The van der Waals surface area contributed by atoms with Gasteiger partial charge in [0.2, 0.25) is 0 Å². The number of rotatable bonds is 2. The standard InChI is InChI=1S/C9H18N2/c1-2-11(10)9-6-7-3-4-8(9)5-7/h7-9H,2-6,10H2,1H3. The molecule has 2 aliphatic carbocycles. The second kappa shape index (κ2) is 2.76. The SMILES string of the molecule is CCN(N)C1CC2CCC1C2. The van der Waals surface area contributed by atoms with Crippen LogP contribution in [0.3, 0.4) is 0 Å². The molecule has 2 heteroatoms. The van der Waals surface area contributed by atoms with Crippen LogP contribution in [0.5, 0.6) is 0 Å². The Kier molecular flexibility index (Phi) is 1.90. The molecule has 0 amide bonds. The van der Waals surface area contributed by atoms with Crippen LogP contribution in [0.2, 0.25) is 0 Å². The molecule has 0 aromatic heterocycles. The molecule has 3 unspecified atom stereocenters. The van der Waals surface area contributed by atoms with E-state index in [1.54, 1.807) is 0 Å². The Morgan fingerprint density at radius 2 is 2.18 bits per heavy atom. The lowest BCUT2D eigenvalue weighted by molar-refractivity contribution is 0.152. The first kappa shape index (κ1) is 7.56. The fourth-order valence-electron chi connectivity index (χ4n) is 2.85. The van der Waals surface area contributed by atoms with Gasteiger partial charge >= 0.3 is 0 Å². The fourth-order valence-corrected chi connectivity index (χ4v) is 2.85. The Morgan fingerprint density at radius 3 is 2.64 bits per heavy atom. The lowest BCUT2D eigenvalue weighted by Gasteiger charge is -2.29. The van der Waals surface area contributed by atoms with Crippen molar-refractivity contribution in [2.75, 3.05) is 6.54 Å². The van der Waals surface area contributed by atoms with Gasteiger partial charge in [0.05, 0.1) is 0 Å². The third kappa shape index (κ3) is 1.18. The molecule has 0 aromatic carbocycles. The van der Waals surface area contributed by atoms with Crippen LogP contribution in [0.15, 0.2) is 0 Å². The van der Waals surface area contributed by atoms with Crippen molar-refractivity contribution in [2.24, 2.45) is 17.7 Å². The lowest BCUT2D eigenvalue weighted by Crippen LogP contribution is -2.43. The molecule has 0 saturated heterocycles. The highest BCUT2D eigenvalue weighted by Gasteiger charge is 2.41. The van der Waals surface area contributed by atoms with Crippen molar-refractivity contribution in [3.05, 3.63) is 0 Å². The van der Waals surface area contributed by atoms with E-state index in [1.807, 2.05) is 5.01 Å². The minimum atomic E-state index is 0.721. The molecule has 2 saturated carbocycles. The van der Waals surface area contributed by atoms with E-state index in [0.29, 0.717) is 0 Å². The van der Waals surface area contributed by atoms with E-state index in [4.69, 9.17) is 5.84 Å². The first-order valence-electron chi connectivity index (χ1n) is 4.82. The molecule has 2 rings (SSSR count). The molecule has 0 aliphatic heterocycles. The van der Waals surface area contributed by atoms with E-state index in [-0.39, 0.29) is 0 Å². The maximum absolute atomic E-state index is 5.90. The Morgan fingerprint density at radius 1 is 1.36 bits per heavy atom. The summed E-state index contributed by atoms with van der Waals surface area (Å²) >= 11 is 0. The summed E-state index contributed by atoms with van der Waals surface area (Å²) in [4.78, 5) is 0. The molecule has 0 radical (unpaired) electrons. The van der Waals surface area contributed by atoms with Gasteiger partial charge in [-0.1, -0.05) is 13.3 Å². The van der Waals surface area contributed by atoms with Gasteiger partial charge in [-0.2, -0.15) is 0 Å². The number of fused-ring (bicyclic) bond motifs is 2. The highest BCUT2D eigenvalue weighted by molar-refractivity contribution is 4.93. The van der Waals surface area contributed by atoms with Crippen LogP contribution < -0.4 is 5.84 Å². The predicted octanol–water partition coefficient (Wildman–Crippen LogP) is 1.37. The topological polar surface area (TPSA) is 29.3 Å². The molecular formula is C9H18N2. The van der Waals surface area contributed by atoms with Gasteiger partial charge in [-0.05, 0) is 31.1 Å². The number of nitrogens with zero attached hydrogens (tertiary/aromatic N) is 1. The van der Waals surface area contributed by atoms with Crippen LogP contribution in [0.1, 0.15) is 32.6 Å². The smallest absolute Gasteiger partial charge is 0.0272 e. The van der Waals surface area contributed by atoms with Crippen molar-refractivity contribution in [1.82, 2.24) is 5.01 Å². The number of nitrogens with two attached hydrogens (primary N) is 1. The zero-order valence-electron chi connectivity index (χ0n) is 7.29. The molecule has 0 heterocycles. The monoisotopic (exact) mass is 154 g/mol. The fraction of sp³-hybridized carbons (Fsp3) is 1.00. The van der Waals surface area contributed by atoms with E-state index in [1.165, 1.54) is 25.7 Å². The second-order valence-corrected chi connectivity index (χ2v) is 4.07. The van der Waals surface area contributed by atoms with E-state index in [0.717, 1.165) is 24.4 Å². The Labute approximate surface area is 68.7 Å². The third-order valence-electron chi connectivity index (χ3n) is 3.49. The van der Waals surface area contributed by atoms with Crippen molar-refractivity contribution in [1.29, 1.82) is 0 Å². The van der Waals surface area contributed by atoms with Gasteiger partial charge in [-0.3, -0.25) is 5.84 Å². The first-order chi connectivity index (χ1) is 5.31. The molecule has 64 valence electrons. The van der Waals surface area contributed by atoms with E-state index in [9.17, 15) is 0 Å². The molecule has 2 nitrogen and oxygen atoms in total. The van der Waals surface area contributed by atoms with Gasteiger partial charge in [-0.25, -0.2) is 5.01 Å². The molecule has 2 N–H and O–H groups in total. The van der Waals surface area contributed by atoms with E-state index in [2.05, 4.69) is 6.92 Å². The zero-order valence-corrected chi connectivity index (χ0v) is 7.29. The molecule has 2 bridgehead atoms. The average Bonchev–Trinajstić information content (AvgIpc) is 2.62. The molecule has 0 aromatic rings. The van der Waals surface area contributed by atoms with Crippen LogP contribution in [0.4, 0.5) is 0 Å². The lowest BCUT2D eigenvalue weighted by atomic mass is 9.95. The van der Waals surface area contributed by atoms with Crippen LogP contribution in [0, 0.1) is 11.8 Å². The molecule has 3 atom stereocenters. The molecule has 0 spiro atoms. The largest absolute Gasteiger partial charge is 0.269 e. The van der Waals surface area contributed by atoms with Gasteiger partial charge < -0.3 is 0 Å². The summed E-state index contributed by atoms with van der Waals surface area (Å²) in [5.41, 5.74) is 0. The summed E-state index contributed by atoms with van der Waals surface area (Å²) in [7, 11) is 0. The van der Waals surface area contributed by atoms with E-state index >= 15 is 0 Å². The molecular weight excluding hydrogens is 136 g/mol. The van der Waals surface area contributed by atoms with Gasteiger partial charge in [-0.15, -0.1) is 0 Å². The molecule has 2 aliphatic rings. The van der Waals surface area contributed by atoms with Crippen molar-refractivity contribution in [2.45, 2.75) is 38.6 Å². The van der Waals surface area contributed by atoms with E-state index < -0.39 is 0 Å². The summed E-state index contributed by atoms with van der Waals surface area (Å²) in [5, 5.41) is 2.05. The van der Waals surface area contributed by atoms with Gasteiger partial charge in [0.15, 0.2) is 0 Å². The highest BCUT2D eigenvalue weighted by atomic mass is 15.4. The quantitative estimate of drug-likeness (QED) is 0.481. The minimum Gasteiger partial charge on any atom is -0.269 e. The zero-order chi connectivity index (χ0) is 7.84. The molecule has 11 heavy (non-hydrogen) atoms. The summed E-state index contributed by atoms with van der Waals surface area (Å²) in [6, 6.07) is 0.721. The summed E-state index contributed by atoms with van der Waals surface area (Å²) in [6.07, 6.45) is 5.73. The van der Waals surface area contributed by atoms with Gasteiger partial charge in [0, 0.05) is 12.6 Å². The van der Waals surface area contributed by atoms with Crippen molar-refractivity contribution < 1.29 is 0 Å². The van der Waals surface area contributed by atoms with Gasteiger partial charge in [0.25, 0.3) is 0 Å². The summed E-state index contributed by atoms with van der Waals surface area (Å²) in [5.74, 6) is 7.85.